The van der Waals surface area contributed by atoms with Gasteiger partial charge < -0.3 is 10.2 Å². The van der Waals surface area contributed by atoms with Crippen LogP contribution in [0.25, 0.3) is 0 Å². The highest BCUT2D eigenvalue weighted by molar-refractivity contribution is 5.46. The third-order valence-electron chi connectivity index (χ3n) is 3.15. The van der Waals surface area contributed by atoms with E-state index >= 15 is 0 Å². The van der Waals surface area contributed by atoms with E-state index in [2.05, 4.69) is 41.0 Å². The Morgan fingerprint density at radius 1 is 1.50 bits per heavy atom. The van der Waals surface area contributed by atoms with Crippen molar-refractivity contribution in [2.75, 3.05) is 23.3 Å². The molecule has 0 amide bonds. The smallest absolute Gasteiger partial charge is 0.224 e. The van der Waals surface area contributed by atoms with Crippen molar-refractivity contribution >= 4 is 11.8 Å². The second kappa shape index (κ2) is 4.28. The monoisotopic (exact) mass is 220 g/mol. The Hall–Kier alpha value is -1.32. The summed E-state index contributed by atoms with van der Waals surface area (Å²) in [4.78, 5) is 11.1. The molecule has 4 nitrogen and oxygen atoms in total. The first-order valence-corrected chi connectivity index (χ1v) is 5.98. The number of aromatic nitrogens is 2. The molecule has 0 unspecified atom stereocenters. The van der Waals surface area contributed by atoms with E-state index in [0.29, 0.717) is 0 Å². The van der Waals surface area contributed by atoms with Crippen LogP contribution in [-0.2, 0) is 0 Å². The van der Waals surface area contributed by atoms with Gasteiger partial charge in [-0.2, -0.15) is 4.98 Å². The van der Waals surface area contributed by atoms with Gasteiger partial charge in [-0.1, -0.05) is 0 Å². The minimum atomic E-state index is 0.220. The van der Waals surface area contributed by atoms with Gasteiger partial charge in [0.25, 0.3) is 0 Å². The summed E-state index contributed by atoms with van der Waals surface area (Å²) < 4.78 is 0. The summed E-state index contributed by atoms with van der Waals surface area (Å²) in [5.41, 5.74) is 0.220. The molecule has 1 N–H and O–H groups in total. The maximum Gasteiger partial charge on any atom is 0.224 e. The van der Waals surface area contributed by atoms with Crippen molar-refractivity contribution in [3.63, 3.8) is 0 Å². The first-order valence-electron chi connectivity index (χ1n) is 5.98. The van der Waals surface area contributed by atoms with Gasteiger partial charge in [0.2, 0.25) is 5.95 Å². The van der Waals surface area contributed by atoms with Crippen LogP contribution in [0.3, 0.4) is 0 Å². The zero-order valence-electron chi connectivity index (χ0n) is 10.3. The van der Waals surface area contributed by atoms with Crippen molar-refractivity contribution in [3.05, 3.63) is 12.3 Å². The lowest BCUT2D eigenvalue weighted by Gasteiger charge is -2.32. The van der Waals surface area contributed by atoms with Crippen LogP contribution >= 0.6 is 0 Å². The van der Waals surface area contributed by atoms with Gasteiger partial charge in [0.1, 0.15) is 5.82 Å². The van der Waals surface area contributed by atoms with E-state index in [4.69, 9.17) is 0 Å². The predicted octanol–water partition coefficient (Wildman–Crippen LogP) is 2.29. The molecule has 1 aliphatic heterocycles. The Morgan fingerprint density at radius 3 is 2.94 bits per heavy atom. The molecule has 0 aliphatic carbocycles. The molecule has 4 heteroatoms. The highest BCUT2D eigenvalue weighted by Gasteiger charge is 2.32. The average molecular weight is 220 g/mol. The molecule has 0 bridgehead atoms. The molecule has 1 aliphatic rings. The molecular formula is C12H20N4. The third kappa shape index (κ3) is 2.10. The van der Waals surface area contributed by atoms with E-state index in [1.165, 1.54) is 12.8 Å². The molecule has 2 heterocycles. The maximum absolute atomic E-state index is 4.54. The fraction of sp³-hybridized carbons (Fsp3) is 0.667. The largest absolute Gasteiger partial charge is 0.354 e. The highest BCUT2D eigenvalue weighted by atomic mass is 15.3. The number of hydrogen-bond donors (Lipinski definition) is 1. The molecule has 1 fully saturated rings. The first-order chi connectivity index (χ1) is 7.63. The van der Waals surface area contributed by atoms with E-state index in [-0.39, 0.29) is 5.54 Å². The molecule has 1 aromatic heterocycles. The van der Waals surface area contributed by atoms with Gasteiger partial charge >= 0.3 is 0 Å². The Bertz CT molecular complexity index is 362. The molecule has 88 valence electrons. The van der Waals surface area contributed by atoms with Gasteiger partial charge in [-0.05, 0) is 39.7 Å². The summed E-state index contributed by atoms with van der Waals surface area (Å²) in [5, 5.41) is 3.15. The van der Waals surface area contributed by atoms with Gasteiger partial charge in [0, 0.05) is 24.8 Å². The van der Waals surface area contributed by atoms with Crippen LogP contribution in [0.1, 0.15) is 33.6 Å². The number of nitrogens with one attached hydrogen (secondary N) is 1. The van der Waals surface area contributed by atoms with Crippen LogP contribution in [-0.4, -0.2) is 28.6 Å². The van der Waals surface area contributed by atoms with Gasteiger partial charge in [-0.25, -0.2) is 4.98 Å². The van der Waals surface area contributed by atoms with Crippen LogP contribution in [0, 0.1) is 0 Å². The molecule has 0 spiro atoms. The van der Waals surface area contributed by atoms with Gasteiger partial charge in [0.15, 0.2) is 0 Å². The SMILES string of the molecule is CCNc1nccc(N2CCCC2(C)C)n1. The summed E-state index contributed by atoms with van der Waals surface area (Å²) >= 11 is 0. The summed E-state index contributed by atoms with van der Waals surface area (Å²) in [7, 11) is 0. The van der Waals surface area contributed by atoms with Crippen molar-refractivity contribution in [2.45, 2.75) is 39.2 Å². The highest BCUT2D eigenvalue weighted by Crippen LogP contribution is 2.32. The van der Waals surface area contributed by atoms with Crippen LogP contribution in [0.4, 0.5) is 11.8 Å². The second-order valence-electron chi connectivity index (χ2n) is 4.84. The standard InChI is InChI=1S/C12H20N4/c1-4-13-11-14-8-6-10(15-11)16-9-5-7-12(16,2)3/h6,8H,4-5,7,9H2,1-3H3,(H,13,14,15). The van der Waals surface area contributed by atoms with Crippen molar-refractivity contribution in [1.82, 2.24) is 9.97 Å². The van der Waals surface area contributed by atoms with Crippen LogP contribution in [0.15, 0.2) is 12.3 Å². The number of anilines is 2. The fourth-order valence-corrected chi connectivity index (χ4v) is 2.27. The van der Waals surface area contributed by atoms with E-state index < -0.39 is 0 Å². The normalized spacial score (nSPS) is 18.8. The molecule has 0 radical (unpaired) electrons. The Labute approximate surface area is 97.1 Å². The maximum atomic E-state index is 4.54. The lowest BCUT2D eigenvalue weighted by molar-refractivity contribution is 0.514. The molecule has 2 rings (SSSR count). The van der Waals surface area contributed by atoms with E-state index in [9.17, 15) is 0 Å². The molecule has 16 heavy (non-hydrogen) atoms. The minimum Gasteiger partial charge on any atom is -0.354 e. The fourth-order valence-electron chi connectivity index (χ4n) is 2.27. The lowest BCUT2D eigenvalue weighted by Crippen LogP contribution is -2.38. The van der Waals surface area contributed by atoms with Crippen molar-refractivity contribution in [3.8, 4) is 0 Å². The Balaban J connectivity index is 2.23. The van der Waals surface area contributed by atoms with Crippen molar-refractivity contribution < 1.29 is 0 Å². The van der Waals surface area contributed by atoms with E-state index in [1.807, 2.05) is 12.3 Å². The summed E-state index contributed by atoms with van der Waals surface area (Å²) in [6, 6.07) is 1.99. The van der Waals surface area contributed by atoms with Crippen molar-refractivity contribution in [1.29, 1.82) is 0 Å². The minimum absolute atomic E-state index is 0.220. The summed E-state index contributed by atoms with van der Waals surface area (Å²) in [6.45, 7) is 8.54. The number of hydrogen-bond acceptors (Lipinski definition) is 4. The first kappa shape index (κ1) is 11.2. The molecule has 0 saturated carbocycles. The number of nitrogens with zero attached hydrogens (tertiary/aromatic N) is 3. The summed E-state index contributed by atoms with van der Waals surface area (Å²) in [5.74, 6) is 1.76. The van der Waals surface area contributed by atoms with Crippen LogP contribution in [0.5, 0.6) is 0 Å². The Kier molecular flexibility index (Phi) is 2.99. The van der Waals surface area contributed by atoms with Gasteiger partial charge in [-0.3, -0.25) is 0 Å². The Morgan fingerprint density at radius 2 is 2.31 bits per heavy atom. The van der Waals surface area contributed by atoms with Crippen LogP contribution < -0.4 is 10.2 Å². The zero-order valence-corrected chi connectivity index (χ0v) is 10.3. The zero-order chi connectivity index (χ0) is 11.6. The van der Waals surface area contributed by atoms with E-state index in [1.54, 1.807) is 0 Å². The molecule has 1 aromatic rings. The van der Waals surface area contributed by atoms with Crippen LogP contribution in [0.2, 0.25) is 0 Å². The van der Waals surface area contributed by atoms with Gasteiger partial charge in [-0.15, -0.1) is 0 Å². The lowest BCUT2D eigenvalue weighted by atomic mass is 10.0. The summed E-state index contributed by atoms with van der Waals surface area (Å²) in [6.07, 6.45) is 4.30. The number of rotatable bonds is 3. The third-order valence-corrected chi connectivity index (χ3v) is 3.15. The van der Waals surface area contributed by atoms with Gasteiger partial charge in [0.05, 0.1) is 0 Å². The van der Waals surface area contributed by atoms with Crippen molar-refractivity contribution in [2.24, 2.45) is 0 Å². The quantitative estimate of drug-likeness (QED) is 0.848. The average Bonchev–Trinajstić information content (AvgIpc) is 2.59. The second-order valence-corrected chi connectivity index (χ2v) is 4.84. The van der Waals surface area contributed by atoms with E-state index in [0.717, 1.165) is 24.9 Å². The predicted molar refractivity (Wildman–Crippen MR) is 66.9 cm³/mol. The molecule has 0 aromatic carbocycles. The molecular weight excluding hydrogens is 200 g/mol. The molecule has 0 atom stereocenters. The molecule has 1 saturated heterocycles. The topological polar surface area (TPSA) is 41.1 Å².